The molecule has 1 rings (SSSR count). The van der Waals surface area contributed by atoms with Gasteiger partial charge in [-0.2, -0.15) is 0 Å². The SMILES string of the molecule is CCC(CO)N(CCC(=O)O)C(=O)c1ccc(C)cc1. The quantitative estimate of drug-likeness (QED) is 0.796. The van der Waals surface area contributed by atoms with E-state index < -0.39 is 5.97 Å². The Morgan fingerprint density at radius 1 is 1.25 bits per heavy atom. The van der Waals surface area contributed by atoms with Gasteiger partial charge in [0.15, 0.2) is 0 Å². The molecule has 5 heteroatoms. The number of carboxylic acids is 1. The summed E-state index contributed by atoms with van der Waals surface area (Å²) in [6.45, 7) is 3.71. The number of benzene rings is 1. The highest BCUT2D eigenvalue weighted by molar-refractivity contribution is 5.94. The summed E-state index contributed by atoms with van der Waals surface area (Å²) in [7, 11) is 0. The molecule has 0 spiro atoms. The van der Waals surface area contributed by atoms with Crippen LogP contribution < -0.4 is 0 Å². The third-order valence-corrected chi connectivity index (χ3v) is 3.25. The van der Waals surface area contributed by atoms with Crippen molar-refractivity contribution < 1.29 is 19.8 Å². The smallest absolute Gasteiger partial charge is 0.305 e. The monoisotopic (exact) mass is 279 g/mol. The lowest BCUT2D eigenvalue weighted by molar-refractivity contribution is -0.137. The van der Waals surface area contributed by atoms with Gasteiger partial charge in [0.05, 0.1) is 19.1 Å². The molecule has 20 heavy (non-hydrogen) atoms. The summed E-state index contributed by atoms with van der Waals surface area (Å²) in [5.41, 5.74) is 1.56. The number of carboxylic acid groups (broad SMARTS) is 1. The predicted octanol–water partition coefficient (Wildman–Crippen LogP) is 1.68. The van der Waals surface area contributed by atoms with Crippen molar-refractivity contribution in [1.82, 2.24) is 4.90 Å². The van der Waals surface area contributed by atoms with E-state index in [4.69, 9.17) is 5.11 Å². The van der Waals surface area contributed by atoms with Crippen molar-refractivity contribution in [2.24, 2.45) is 0 Å². The summed E-state index contributed by atoms with van der Waals surface area (Å²) in [5.74, 6) is -1.20. The first kappa shape index (κ1) is 16.2. The number of aliphatic hydroxyl groups excluding tert-OH is 1. The Morgan fingerprint density at radius 3 is 2.30 bits per heavy atom. The topological polar surface area (TPSA) is 77.8 Å². The van der Waals surface area contributed by atoms with Crippen LogP contribution in [0.25, 0.3) is 0 Å². The maximum Gasteiger partial charge on any atom is 0.305 e. The Bertz CT molecular complexity index is 451. The Labute approximate surface area is 118 Å². The number of hydrogen-bond acceptors (Lipinski definition) is 3. The van der Waals surface area contributed by atoms with E-state index >= 15 is 0 Å². The Hall–Kier alpha value is -1.88. The van der Waals surface area contributed by atoms with Crippen molar-refractivity contribution in [1.29, 1.82) is 0 Å². The molecule has 1 aromatic carbocycles. The maximum absolute atomic E-state index is 12.4. The van der Waals surface area contributed by atoms with E-state index in [1.807, 2.05) is 26.0 Å². The van der Waals surface area contributed by atoms with E-state index in [0.717, 1.165) is 5.56 Å². The number of carbonyl (C=O) groups is 2. The van der Waals surface area contributed by atoms with Crippen LogP contribution >= 0.6 is 0 Å². The largest absolute Gasteiger partial charge is 0.481 e. The number of rotatable bonds is 7. The van der Waals surface area contributed by atoms with Gasteiger partial charge in [0.25, 0.3) is 5.91 Å². The molecular formula is C15H21NO4. The average Bonchev–Trinajstić information content (AvgIpc) is 2.43. The Morgan fingerprint density at radius 2 is 1.85 bits per heavy atom. The zero-order valence-corrected chi connectivity index (χ0v) is 11.9. The highest BCUT2D eigenvalue weighted by Crippen LogP contribution is 2.12. The molecule has 0 bridgehead atoms. The summed E-state index contributed by atoms with van der Waals surface area (Å²) in [5, 5.41) is 18.1. The molecule has 0 saturated carbocycles. The van der Waals surface area contributed by atoms with Gasteiger partial charge in [0.2, 0.25) is 0 Å². The number of aliphatic carboxylic acids is 1. The van der Waals surface area contributed by atoms with Crippen LogP contribution in [0.15, 0.2) is 24.3 Å². The van der Waals surface area contributed by atoms with Crippen molar-refractivity contribution in [3.8, 4) is 0 Å². The van der Waals surface area contributed by atoms with Crippen LogP contribution in [0.1, 0.15) is 35.7 Å². The number of carbonyl (C=O) groups excluding carboxylic acids is 1. The van der Waals surface area contributed by atoms with Crippen LogP contribution in [-0.4, -0.2) is 46.2 Å². The molecule has 0 radical (unpaired) electrons. The van der Waals surface area contributed by atoms with Crippen LogP contribution in [0, 0.1) is 6.92 Å². The Balaban J connectivity index is 2.93. The zero-order valence-electron chi connectivity index (χ0n) is 11.9. The van der Waals surface area contributed by atoms with Crippen molar-refractivity contribution in [3.63, 3.8) is 0 Å². The maximum atomic E-state index is 12.4. The van der Waals surface area contributed by atoms with Gasteiger partial charge in [-0.05, 0) is 25.5 Å². The van der Waals surface area contributed by atoms with Gasteiger partial charge in [0.1, 0.15) is 0 Å². The first-order valence-corrected chi connectivity index (χ1v) is 6.69. The van der Waals surface area contributed by atoms with E-state index in [1.165, 1.54) is 4.90 Å². The second-order valence-electron chi connectivity index (χ2n) is 4.75. The minimum absolute atomic E-state index is 0.0983. The van der Waals surface area contributed by atoms with Gasteiger partial charge in [-0.3, -0.25) is 9.59 Å². The first-order chi connectivity index (χ1) is 9.49. The number of nitrogens with zero attached hydrogens (tertiary/aromatic N) is 1. The van der Waals surface area contributed by atoms with Gasteiger partial charge in [-0.1, -0.05) is 24.6 Å². The molecule has 0 fully saturated rings. The van der Waals surface area contributed by atoms with Crippen molar-refractivity contribution >= 4 is 11.9 Å². The Kier molecular flexibility index (Phi) is 6.18. The summed E-state index contributed by atoms with van der Waals surface area (Å²) in [6, 6.07) is 6.75. The van der Waals surface area contributed by atoms with E-state index in [1.54, 1.807) is 12.1 Å². The molecule has 2 N–H and O–H groups in total. The molecule has 110 valence electrons. The second-order valence-corrected chi connectivity index (χ2v) is 4.75. The molecule has 1 amide bonds. The highest BCUT2D eigenvalue weighted by atomic mass is 16.4. The highest BCUT2D eigenvalue weighted by Gasteiger charge is 2.23. The summed E-state index contributed by atoms with van der Waals surface area (Å²) in [4.78, 5) is 24.6. The molecule has 0 saturated heterocycles. The first-order valence-electron chi connectivity index (χ1n) is 6.69. The van der Waals surface area contributed by atoms with Gasteiger partial charge in [0, 0.05) is 12.1 Å². The molecule has 1 aromatic rings. The lowest BCUT2D eigenvalue weighted by Gasteiger charge is -2.29. The van der Waals surface area contributed by atoms with E-state index in [0.29, 0.717) is 12.0 Å². The van der Waals surface area contributed by atoms with E-state index in [-0.39, 0.29) is 31.5 Å². The van der Waals surface area contributed by atoms with Crippen molar-refractivity contribution in [2.45, 2.75) is 32.7 Å². The van der Waals surface area contributed by atoms with Gasteiger partial charge >= 0.3 is 5.97 Å². The molecular weight excluding hydrogens is 258 g/mol. The fourth-order valence-electron chi connectivity index (χ4n) is 1.98. The lowest BCUT2D eigenvalue weighted by atomic mass is 10.1. The van der Waals surface area contributed by atoms with Gasteiger partial charge < -0.3 is 15.1 Å². The third-order valence-electron chi connectivity index (χ3n) is 3.25. The summed E-state index contributed by atoms with van der Waals surface area (Å²) < 4.78 is 0. The fraction of sp³-hybridized carbons (Fsp3) is 0.467. The molecule has 0 aliphatic heterocycles. The minimum Gasteiger partial charge on any atom is -0.481 e. The summed E-state index contributed by atoms with van der Waals surface area (Å²) in [6.07, 6.45) is 0.446. The molecule has 0 heterocycles. The predicted molar refractivity (Wildman–Crippen MR) is 75.6 cm³/mol. The third kappa shape index (κ3) is 4.35. The number of hydrogen-bond donors (Lipinski definition) is 2. The number of aryl methyl sites for hydroxylation is 1. The van der Waals surface area contributed by atoms with Crippen LogP contribution in [0.2, 0.25) is 0 Å². The van der Waals surface area contributed by atoms with Crippen molar-refractivity contribution in [3.05, 3.63) is 35.4 Å². The van der Waals surface area contributed by atoms with Crippen LogP contribution in [0.4, 0.5) is 0 Å². The fourth-order valence-corrected chi connectivity index (χ4v) is 1.98. The number of aliphatic hydroxyl groups is 1. The average molecular weight is 279 g/mol. The number of amides is 1. The molecule has 5 nitrogen and oxygen atoms in total. The van der Waals surface area contributed by atoms with E-state index in [9.17, 15) is 14.7 Å². The molecule has 0 aliphatic carbocycles. The lowest BCUT2D eigenvalue weighted by Crippen LogP contribution is -2.43. The van der Waals surface area contributed by atoms with Gasteiger partial charge in [-0.25, -0.2) is 0 Å². The second kappa shape index (κ2) is 7.65. The van der Waals surface area contributed by atoms with Crippen LogP contribution in [0.3, 0.4) is 0 Å². The standard InChI is InChI=1S/C15H21NO4/c1-3-13(10-17)16(9-8-14(18)19)15(20)12-6-4-11(2)5-7-12/h4-7,13,17H,3,8-10H2,1-2H3,(H,18,19). The normalized spacial score (nSPS) is 11.9. The minimum atomic E-state index is -0.959. The molecule has 0 aliphatic rings. The van der Waals surface area contributed by atoms with E-state index in [2.05, 4.69) is 0 Å². The molecule has 0 aromatic heterocycles. The van der Waals surface area contributed by atoms with Crippen molar-refractivity contribution in [2.75, 3.05) is 13.2 Å². The van der Waals surface area contributed by atoms with Gasteiger partial charge in [-0.15, -0.1) is 0 Å². The van der Waals surface area contributed by atoms with Crippen LogP contribution in [-0.2, 0) is 4.79 Å². The zero-order chi connectivity index (χ0) is 15.1. The molecule has 1 unspecified atom stereocenters. The van der Waals surface area contributed by atoms with Crippen LogP contribution in [0.5, 0.6) is 0 Å². The molecule has 1 atom stereocenters. The summed E-state index contributed by atoms with van der Waals surface area (Å²) >= 11 is 0.